The molecule has 21 heavy (non-hydrogen) atoms. The summed E-state index contributed by atoms with van der Waals surface area (Å²) in [4.78, 5) is 11.2. The smallest absolute Gasteiger partial charge is 0.248 e. The topological polar surface area (TPSA) is 38.3 Å². The molecule has 2 rings (SSSR count). The van der Waals surface area contributed by atoms with Crippen LogP contribution in [0.1, 0.15) is 25.7 Å². The highest BCUT2D eigenvalue weighted by atomic mass is 35.5. The first-order chi connectivity index (χ1) is 9.89. The van der Waals surface area contributed by atoms with Crippen LogP contribution in [-0.4, -0.2) is 17.9 Å². The van der Waals surface area contributed by atoms with Crippen molar-refractivity contribution in [1.29, 1.82) is 0 Å². The zero-order valence-corrected chi connectivity index (χ0v) is 12.1. The van der Waals surface area contributed by atoms with Gasteiger partial charge in [-0.2, -0.15) is 0 Å². The first-order valence-corrected chi connectivity index (χ1v) is 7.05. The van der Waals surface area contributed by atoms with Crippen LogP contribution >= 0.6 is 11.6 Å². The van der Waals surface area contributed by atoms with Gasteiger partial charge in [0.15, 0.2) is 0 Å². The Balaban J connectivity index is 1.98. The largest absolute Gasteiger partial charge is 0.489 e. The van der Waals surface area contributed by atoms with Crippen molar-refractivity contribution in [2.75, 3.05) is 5.32 Å². The number of anilines is 1. The third kappa shape index (κ3) is 4.43. The van der Waals surface area contributed by atoms with Gasteiger partial charge < -0.3 is 10.1 Å². The number of carbonyl (C=O) groups is 1. The van der Waals surface area contributed by atoms with Crippen molar-refractivity contribution in [2.45, 2.75) is 37.7 Å². The fraction of sp³-hybridized carbons (Fsp3) is 0.400. The fourth-order valence-corrected chi connectivity index (χ4v) is 2.40. The highest BCUT2D eigenvalue weighted by Crippen LogP contribution is 2.36. The molecule has 0 spiro atoms. The minimum atomic E-state index is -2.58. The van der Waals surface area contributed by atoms with Gasteiger partial charge in [-0.25, -0.2) is 8.78 Å². The second kappa shape index (κ2) is 6.43. The van der Waals surface area contributed by atoms with Gasteiger partial charge in [-0.15, -0.1) is 0 Å². The number of hydrogen-bond donors (Lipinski definition) is 1. The number of nitrogens with one attached hydrogen (secondary N) is 1. The number of alkyl halides is 2. The van der Waals surface area contributed by atoms with Crippen molar-refractivity contribution in [3.05, 3.63) is 35.9 Å². The molecule has 0 unspecified atom stereocenters. The highest BCUT2D eigenvalue weighted by Gasteiger charge is 2.35. The molecule has 0 aliphatic heterocycles. The Hall–Kier alpha value is -1.62. The van der Waals surface area contributed by atoms with Crippen LogP contribution in [0.2, 0.25) is 5.02 Å². The first kappa shape index (κ1) is 15.8. The van der Waals surface area contributed by atoms with Crippen LogP contribution < -0.4 is 10.1 Å². The van der Waals surface area contributed by atoms with E-state index in [1.54, 1.807) is 18.2 Å². The van der Waals surface area contributed by atoms with Crippen LogP contribution in [0.5, 0.6) is 5.75 Å². The summed E-state index contributed by atoms with van der Waals surface area (Å²) < 4.78 is 31.8. The average molecular weight is 316 g/mol. The van der Waals surface area contributed by atoms with Gasteiger partial charge in [0.05, 0.1) is 11.1 Å². The maximum atomic E-state index is 13.1. The predicted octanol–water partition coefficient (Wildman–Crippen LogP) is 4.42. The van der Waals surface area contributed by atoms with Crippen LogP contribution in [0.3, 0.4) is 0 Å². The van der Waals surface area contributed by atoms with Crippen molar-refractivity contribution in [3.8, 4) is 5.75 Å². The fourth-order valence-electron chi connectivity index (χ4n) is 2.18. The molecule has 0 radical (unpaired) electrons. The van der Waals surface area contributed by atoms with Crippen molar-refractivity contribution in [2.24, 2.45) is 0 Å². The number of benzene rings is 1. The average Bonchev–Trinajstić information content (AvgIpc) is 2.43. The van der Waals surface area contributed by atoms with E-state index >= 15 is 0 Å². The lowest BCUT2D eigenvalue weighted by atomic mass is 9.94. The predicted molar refractivity (Wildman–Crippen MR) is 78.1 cm³/mol. The van der Waals surface area contributed by atoms with E-state index in [4.69, 9.17) is 16.3 Å². The Morgan fingerprint density at radius 2 is 2.10 bits per heavy atom. The summed E-state index contributed by atoms with van der Waals surface area (Å²) in [5, 5.41) is 2.91. The van der Waals surface area contributed by atoms with Crippen LogP contribution in [-0.2, 0) is 4.79 Å². The summed E-state index contributed by atoms with van der Waals surface area (Å²) >= 11 is 6.08. The summed E-state index contributed by atoms with van der Waals surface area (Å²) in [6.45, 7) is 3.35. The Labute approximate surface area is 126 Å². The van der Waals surface area contributed by atoms with E-state index in [9.17, 15) is 13.6 Å². The zero-order chi connectivity index (χ0) is 15.5. The van der Waals surface area contributed by atoms with Gasteiger partial charge in [-0.1, -0.05) is 18.2 Å². The van der Waals surface area contributed by atoms with Gasteiger partial charge in [-0.05, 0) is 37.1 Å². The van der Waals surface area contributed by atoms with E-state index in [0.717, 1.165) is 6.08 Å². The summed E-state index contributed by atoms with van der Waals surface area (Å²) in [6.07, 6.45) is 1.18. The summed E-state index contributed by atoms with van der Waals surface area (Å²) in [6, 6.07) is 4.81. The highest BCUT2D eigenvalue weighted by molar-refractivity contribution is 6.32. The third-order valence-corrected chi connectivity index (χ3v) is 3.64. The molecule has 0 heterocycles. The maximum absolute atomic E-state index is 13.1. The molecule has 1 N–H and O–H groups in total. The van der Waals surface area contributed by atoms with E-state index in [2.05, 4.69) is 11.9 Å². The molecule has 0 aromatic heterocycles. The Kier molecular flexibility index (Phi) is 4.83. The number of ether oxygens (including phenoxy) is 1. The molecule has 1 amide bonds. The third-order valence-electron chi connectivity index (χ3n) is 3.34. The summed E-state index contributed by atoms with van der Waals surface area (Å²) in [7, 11) is 0. The molecule has 0 bridgehead atoms. The van der Waals surface area contributed by atoms with Crippen molar-refractivity contribution < 1.29 is 18.3 Å². The first-order valence-electron chi connectivity index (χ1n) is 6.67. The maximum Gasteiger partial charge on any atom is 0.248 e. The molecular formula is C15H16ClF2NO2. The molecule has 1 aliphatic carbocycles. The van der Waals surface area contributed by atoms with Gasteiger partial charge in [0.2, 0.25) is 11.8 Å². The summed E-state index contributed by atoms with van der Waals surface area (Å²) in [5.41, 5.74) is 0.521. The molecule has 0 atom stereocenters. The monoisotopic (exact) mass is 315 g/mol. The Bertz CT molecular complexity index is 538. The van der Waals surface area contributed by atoms with Gasteiger partial charge in [0.25, 0.3) is 0 Å². The Morgan fingerprint density at radius 1 is 1.43 bits per heavy atom. The summed E-state index contributed by atoms with van der Waals surface area (Å²) in [5.74, 6) is -2.49. The van der Waals surface area contributed by atoms with Crippen LogP contribution in [0.25, 0.3) is 0 Å². The van der Waals surface area contributed by atoms with Gasteiger partial charge >= 0.3 is 0 Å². The molecule has 1 aromatic rings. The number of rotatable bonds is 4. The molecule has 1 fully saturated rings. The number of hydrogen-bond acceptors (Lipinski definition) is 2. The quantitative estimate of drug-likeness (QED) is 0.835. The van der Waals surface area contributed by atoms with E-state index < -0.39 is 5.92 Å². The second-order valence-corrected chi connectivity index (χ2v) is 5.42. The molecule has 1 aromatic carbocycles. The minimum absolute atomic E-state index is 0.164. The van der Waals surface area contributed by atoms with E-state index in [1.807, 2.05) is 0 Å². The van der Waals surface area contributed by atoms with Gasteiger partial charge in [0.1, 0.15) is 5.75 Å². The van der Waals surface area contributed by atoms with Crippen molar-refractivity contribution in [1.82, 2.24) is 0 Å². The van der Waals surface area contributed by atoms with Gasteiger partial charge in [0, 0.05) is 18.5 Å². The molecule has 6 heteroatoms. The zero-order valence-electron chi connectivity index (χ0n) is 11.4. The van der Waals surface area contributed by atoms with E-state index in [-0.39, 0.29) is 24.9 Å². The standard InChI is InChI=1S/C15H16ClF2NO2/c1-2-14(20)19-10-3-4-13(12(16)9-10)21-11-5-7-15(17,18)8-6-11/h2-4,9,11H,1,5-8H2,(H,19,20). The van der Waals surface area contributed by atoms with Crippen LogP contribution in [0.15, 0.2) is 30.9 Å². The molecule has 1 saturated carbocycles. The molecule has 0 saturated heterocycles. The molecular weight excluding hydrogens is 300 g/mol. The lowest BCUT2D eigenvalue weighted by molar-refractivity contribution is -0.111. The molecule has 3 nitrogen and oxygen atoms in total. The molecule has 1 aliphatic rings. The lowest BCUT2D eigenvalue weighted by Gasteiger charge is -2.29. The van der Waals surface area contributed by atoms with E-state index in [0.29, 0.717) is 29.3 Å². The molecule has 114 valence electrons. The van der Waals surface area contributed by atoms with Crippen LogP contribution in [0.4, 0.5) is 14.5 Å². The minimum Gasteiger partial charge on any atom is -0.489 e. The second-order valence-electron chi connectivity index (χ2n) is 5.01. The van der Waals surface area contributed by atoms with Crippen LogP contribution in [0, 0.1) is 0 Å². The van der Waals surface area contributed by atoms with Crippen molar-refractivity contribution in [3.63, 3.8) is 0 Å². The number of amides is 1. The van der Waals surface area contributed by atoms with Gasteiger partial charge in [-0.3, -0.25) is 4.79 Å². The Morgan fingerprint density at radius 3 is 2.67 bits per heavy atom. The number of carbonyl (C=O) groups excluding carboxylic acids is 1. The normalized spacial score (nSPS) is 18.0. The number of halogens is 3. The lowest BCUT2D eigenvalue weighted by Crippen LogP contribution is -2.30. The SMILES string of the molecule is C=CC(=O)Nc1ccc(OC2CCC(F)(F)CC2)c(Cl)c1. The van der Waals surface area contributed by atoms with E-state index in [1.165, 1.54) is 0 Å². The van der Waals surface area contributed by atoms with Crippen molar-refractivity contribution >= 4 is 23.2 Å².